The molecule has 0 saturated carbocycles. The van der Waals surface area contributed by atoms with E-state index in [4.69, 9.17) is 14.2 Å². The molecule has 6 heteroatoms. The summed E-state index contributed by atoms with van der Waals surface area (Å²) in [4.78, 5) is 33.6. The molecular weight excluding hydrogens is 252 g/mol. The van der Waals surface area contributed by atoms with Gasteiger partial charge in [-0.15, -0.1) is 0 Å². The molecule has 0 saturated heterocycles. The predicted molar refractivity (Wildman–Crippen MR) is 66.9 cm³/mol. The molecule has 0 heterocycles. The molecule has 0 atom stereocenters. The maximum Gasteiger partial charge on any atom is 0.374 e. The second-order valence-corrected chi connectivity index (χ2v) is 4.99. The van der Waals surface area contributed by atoms with Gasteiger partial charge in [-0.1, -0.05) is 0 Å². The van der Waals surface area contributed by atoms with Gasteiger partial charge in [0.05, 0.1) is 0 Å². The molecule has 0 rings (SSSR count). The van der Waals surface area contributed by atoms with Gasteiger partial charge in [0, 0.05) is 19.4 Å². The van der Waals surface area contributed by atoms with Crippen molar-refractivity contribution in [2.45, 2.75) is 47.1 Å². The Morgan fingerprint density at radius 3 is 1.84 bits per heavy atom. The van der Waals surface area contributed by atoms with Crippen molar-refractivity contribution in [2.75, 3.05) is 6.61 Å². The van der Waals surface area contributed by atoms with Gasteiger partial charge in [0.25, 0.3) is 0 Å². The maximum absolute atomic E-state index is 11.9. The summed E-state index contributed by atoms with van der Waals surface area (Å²) < 4.78 is 14.7. The normalized spacial score (nSPS) is 12.3. The Balaban J connectivity index is 5.07. The molecule has 0 bridgehead atoms. The van der Waals surface area contributed by atoms with Gasteiger partial charge in [-0.3, -0.25) is 9.59 Å². The Morgan fingerprint density at radius 2 is 1.47 bits per heavy atom. The number of carbonyl (C=O) groups excluding carboxylic acids is 3. The van der Waals surface area contributed by atoms with Crippen LogP contribution in [0, 0.1) is 0 Å². The molecule has 0 aliphatic carbocycles. The number of rotatable bonds is 4. The van der Waals surface area contributed by atoms with E-state index in [2.05, 4.69) is 0 Å². The lowest BCUT2D eigenvalue weighted by Gasteiger charge is -2.21. The van der Waals surface area contributed by atoms with Crippen LogP contribution in [0.5, 0.6) is 0 Å². The van der Waals surface area contributed by atoms with E-state index in [9.17, 15) is 14.4 Å². The molecule has 0 unspecified atom stereocenters. The Morgan fingerprint density at radius 1 is 0.947 bits per heavy atom. The molecule has 0 radical (unpaired) electrons. The summed E-state index contributed by atoms with van der Waals surface area (Å²) in [6.45, 7) is 8.87. The van der Waals surface area contributed by atoms with E-state index in [1.54, 1.807) is 20.8 Å². The maximum atomic E-state index is 11.9. The zero-order chi connectivity index (χ0) is 15.2. The van der Waals surface area contributed by atoms with Gasteiger partial charge >= 0.3 is 17.9 Å². The zero-order valence-corrected chi connectivity index (χ0v) is 12.2. The van der Waals surface area contributed by atoms with E-state index in [-0.39, 0.29) is 12.4 Å². The first-order chi connectivity index (χ1) is 8.53. The van der Waals surface area contributed by atoms with Crippen molar-refractivity contribution in [3.63, 3.8) is 0 Å². The van der Waals surface area contributed by atoms with E-state index >= 15 is 0 Å². The largest absolute Gasteiger partial charge is 0.461 e. The smallest absolute Gasteiger partial charge is 0.374 e. The van der Waals surface area contributed by atoms with Crippen LogP contribution in [0.15, 0.2) is 11.3 Å². The van der Waals surface area contributed by atoms with E-state index in [0.717, 1.165) is 0 Å². The summed E-state index contributed by atoms with van der Waals surface area (Å²) in [5.41, 5.74) is -0.413. The minimum Gasteiger partial charge on any atom is -0.461 e. The van der Waals surface area contributed by atoms with Crippen LogP contribution in [0.25, 0.3) is 0 Å². The Labute approximate surface area is 112 Å². The minimum absolute atomic E-state index is 0.142. The Hall–Kier alpha value is -1.85. The van der Waals surface area contributed by atoms with Crippen molar-refractivity contribution in [1.29, 1.82) is 0 Å². The first-order valence-corrected chi connectivity index (χ1v) is 5.78. The van der Waals surface area contributed by atoms with Gasteiger partial charge in [-0.05, 0) is 27.7 Å². The first-order valence-electron chi connectivity index (χ1n) is 5.78. The van der Waals surface area contributed by atoms with Crippen LogP contribution >= 0.6 is 0 Å². The molecule has 0 spiro atoms. The van der Waals surface area contributed by atoms with Gasteiger partial charge in [-0.25, -0.2) is 4.79 Å². The van der Waals surface area contributed by atoms with Crippen molar-refractivity contribution in [1.82, 2.24) is 0 Å². The molecule has 6 nitrogen and oxygen atoms in total. The van der Waals surface area contributed by atoms with Crippen LogP contribution in [-0.4, -0.2) is 30.1 Å². The second-order valence-electron chi connectivity index (χ2n) is 4.99. The van der Waals surface area contributed by atoms with Crippen molar-refractivity contribution in [3.8, 4) is 0 Å². The predicted octanol–water partition coefficient (Wildman–Crippen LogP) is 1.73. The fraction of sp³-hybridized carbons (Fsp3) is 0.615. The number of ether oxygens (including phenoxy) is 3. The molecule has 0 aromatic rings. The van der Waals surface area contributed by atoms with E-state index in [0.29, 0.717) is 5.57 Å². The highest BCUT2D eigenvalue weighted by Gasteiger charge is 2.24. The third-order valence-electron chi connectivity index (χ3n) is 1.71. The molecule has 0 fully saturated rings. The number of esters is 3. The Bertz CT molecular complexity index is 400. The molecule has 0 amide bonds. The average molecular weight is 272 g/mol. The van der Waals surface area contributed by atoms with Crippen molar-refractivity contribution >= 4 is 17.9 Å². The highest BCUT2D eigenvalue weighted by molar-refractivity contribution is 5.90. The molecule has 0 aliphatic rings. The monoisotopic (exact) mass is 272 g/mol. The molecule has 0 aliphatic heterocycles. The number of carbonyl (C=O) groups is 3. The molecule has 0 aromatic carbocycles. The molecule has 108 valence electrons. The lowest BCUT2D eigenvalue weighted by Crippen LogP contribution is -2.27. The third-order valence-corrected chi connectivity index (χ3v) is 1.71. The fourth-order valence-corrected chi connectivity index (χ4v) is 1.05. The van der Waals surface area contributed by atoms with Gasteiger partial charge in [0.1, 0.15) is 12.2 Å². The van der Waals surface area contributed by atoms with Crippen LogP contribution < -0.4 is 0 Å². The van der Waals surface area contributed by atoms with Gasteiger partial charge in [-0.2, -0.15) is 0 Å². The van der Waals surface area contributed by atoms with Crippen molar-refractivity contribution in [3.05, 3.63) is 11.3 Å². The van der Waals surface area contributed by atoms with Crippen LogP contribution in [0.4, 0.5) is 0 Å². The summed E-state index contributed by atoms with van der Waals surface area (Å²) in [7, 11) is 0. The van der Waals surface area contributed by atoms with E-state index < -0.39 is 23.5 Å². The minimum atomic E-state index is -0.771. The molecule has 0 aromatic heterocycles. The summed E-state index contributed by atoms with van der Waals surface area (Å²) in [6, 6.07) is 0. The quantitative estimate of drug-likeness (QED) is 0.335. The van der Waals surface area contributed by atoms with Crippen LogP contribution in [0.1, 0.15) is 41.5 Å². The second kappa shape index (κ2) is 6.92. The Kier molecular flexibility index (Phi) is 6.24. The lowest BCUT2D eigenvalue weighted by molar-refractivity contribution is -0.159. The number of hydrogen-bond donors (Lipinski definition) is 0. The number of hydrogen-bond acceptors (Lipinski definition) is 6. The average Bonchev–Trinajstić information content (AvgIpc) is 2.19. The highest BCUT2D eigenvalue weighted by Crippen LogP contribution is 2.15. The SMILES string of the molecule is CC(=O)OCC(C)=C(OC(C)=O)C(=O)OC(C)(C)C. The van der Waals surface area contributed by atoms with Crippen molar-refractivity contribution < 1.29 is 28.6 Å². The highest BCUT2D eigenvalue weighted by atomic mass is 16.6. The summed E-state index contributed by atoms with van der Waals surface area (Å²) in [5, 5.41) is 0. The summed E-state index contributed by atoms with van der Waals surface area (Å²) in [6.07, 6.45) is 0. The van der Waals surface area contributed by atoms with Crippen LogP contribution in [-0.2, 0) is 28.6 Å². The first kappa shape index (κ1) is 17.2. The van der Waals surface area contributed by atoms with Crippen molar-refractivity contribution in [2.24, 2.45) is 0 Å². The summed E-state index contributed by atoms with van der Waals surface area (Å²) >= 11 is 0. The lowest BCUT2D eigenvalue weighted by atomic mass is 10.2. The van der Waals surface area contributed by atoms with Crippen LogP contribution in [0.2, 0.25) is 0 Å². The van der Waals surface area contributed by atoms with Gasteiger partial charge < -0.3 is 14.2 Å². The van der Waals surface area contributed by atoms with Gasteiger partial charge in [0.15, 0.2) is 0 Å². The summed E-state index contributed by atoms with van der Waals surface area (Å²) in [5.74, 6) is -2.16. The van der Waals surface area contributed by atoms with E-state index in [1.165, 1.54) is 20.8 Å². The van der Waals surface area contributed by atoms with Gasteiger partial charge in [0.2, 0.25) is 5.76 Å². The van der Waals surface area contributed by atoms with Crippen LogP contribution in [0.3, 0.4) is 0 Å². The standard InChI is InChI=1S/C13H20O6/c1-8(7-17-9(2)14)11(18-10(3)15)12(16)19-13(4,5)6/h7H2,1-6H3. The molecule has 0 N–H and O–H groups in total. The molecule has 19 heavy (non-hydrogen) atoms. The zero-order valence-electron chi connectivity index (χ0n) is 12.2. The topological polar surface area (TPSA) is 78.9 Å². The van der Waals surface area contributed by atoms with E-state index in [1.807, 2.05) is 0 Å². The molecular formula is C13H20O6. The third kappa shape index (κ3) is 7.96. The fourth-order valence-electron chi connectivity index (χ4n) is 1.05.